The molecular formula is C14H19BrF2N2OSi. The molecule has 0 fully saturated rings. The van der Waals surface area contributed by atoms with Gasteiger partial charge in [0, 0.05) is 19.2 Å². The first-order valence-electron chi connectivity index (χ1n) is 6.79. The summed E-state index contributed by atoms with van der Waals surface area (Å²) in [6.45, 7) is 7.46. The number of benzene rings is 1. The third kappa shape index (κ3) is 4.34. The largest absolute Gasteiger partial charge is 0.361 e. The molecule has 0 aliphatic carbocycles. The van der Waals surface area contributed by atoms with Crippen molar-refractivity contribution in [2.24, 2.45) is 0 Å². The molecule has 0 radical (unpaired) electrons. The van der Waals surface area contributed by atoms with Crippen LogP contribution in [0.4, 0.5) is 8.78 Å². The molecule has 3 nitrogen and oxygen atoms in total. The van der Waals surface area contributed by atoms with Gasteiger partial charge in [-0.05, 0) is 24.2 Å². The lowest BCUT2D eigenvalue weighted by molar-refractivity contribution is 0.0718. The minimum atomic E-state index is -2.61. The molecule has 0 atom stereocenters. The molecule has 116 valence electrons. The molecule has 0 saturated carbocycles. The van der Waals surface area contributed by atoms with E-state index < -0.39 is 14.5 Å². The minimum absolute atomic E-state index is 0.108. The van der Waals surface area contributed by atoms with Crippen LogP contribution in [0.15, 0.2) is 22.7 Å². The molecule has 0 spiro atoms. The number of aromatic nitrogens is 2. The number of fused-ring (bicyclic) bond motifs is 1. The molecule has 2 aromatic rings. The van der Waals surface area contributed by atoms with Gasteiger partial charge in [-0.3, -0.25) is 4.57 Å². The molecule has 21 heavy (non-hydrogen) atoms. The predicted molar refractivity (Wildman–Crippen MR) is 86.5 cm³/mol. The third-order valence-electron chi connectivity index (χ3n) is 3.15. The molecule has 0 amide bonds. The molecule has 0 unspecified atom stereocenters. The van der Waals surface area contributed by atoms with Crippen molar-refractivity contribution in [3.8, 4) is 0 Å². The Kier molecular flexibility index (Phi) is 5.16. The number of rotatable bonds is 6. The van der Waals surface area contributed by atoms with Crippen molar-refractivity contribution in [2.75, 3.05) is 6.61 Å². The van der Waals surface area contributed by atoms with Crippen LogP contribution in [0.3, 0.4) is 0 Å². The van der Waals surface area contributed by atoms with Crippen molar-refractivity contribution < 1.29 is 13.5 Å². The number of halogens is 3. The molecule has 1 heterocycles. The smallest absolute Gasteiger partial charge is 0.295 e. The monoisotopic (exact) mass is 376 g/mol. The molecule has 1 aromatic heterocycles. The van der Waals surface area contributed by atoms with Gasteiger partial charge >= 0.3 is 0 Å². The summed E-state index contributed by atoms with van der Waals surface area (Å²) < 4.78 is 34.1. The highest BCUT2D eigenvalue weighted by molar-refractivity contribution is 9.10. The summed E-state index contributed by atoms with van der Waals surface area (Å²) in [5, 5.41) is 0. The highest BCUT2D eigenvalue weighted by atomic mass is 79.9. The summed E-state index contributed by atoms with van der Waals surface area (Å²) in [5.74, 6) is -0.240. The van der Waals surface area contributed by atoms with Gasteiger partial charge in [-0.2, -0.15) is 0 Å². The fourth-order valence-corrected chi connectivity index (χ4v) is 3.06. The summed E-state index contributed by atoms with van der Waals surface area (Å²) >= 11 is 3.36. The molecule has 0 saturated heterocycles. The second kappa shape index (κ2) is 6.54. The van der Waals surface area contributed by atoms with Crippen LogP contribution in [0.5, 0.6) is 0 Å². The van der Waals surface area contributed by atoms with Crippen molar-refractivity contribution in [3.63, 3.8) is 0 Å². The summed E-state index contributed by atoms with van der Waals surface area (Å²) in [6, 6.07) is 6.31. The van der Waals surface area contributed by atoms with Crippen molar-refractivity contribution >= 4 is 35.0 Å². The number of imidazole rings is 1. The lowest BCUT2D eigenvalue weighted by Gasteiger charge is -2.16. The van der Waals surface area contributed by atoms with Gasteiger partial charge in [0.05, 0.1) is 11.0 Å². The van der Waals surface area contributed by atoms with Crippen LogP contribution < -0.4 is 0 Å². The second-order valence-electron chi connectivity index (χ2n) is 6.18. The molecule has 1 aromatic carbocycles. The van der Waals surface area contributed by atoms with Crippen LogP contribution >= 0.6 is 15.9 Å². The first kappa shape index (κ1) is 16.6. The minimum Gasteiger partial charge on any atom is -0.361 e. The highest BCUT2D eigenvalue weighted by Crippen LogP contribution is 2.26. The van der Waals surface area contributed by atoms with Gasteiger partial charge < -0.3 is 4.74 Å². The average Bonchev–Trinajstić information content (AvgIpc) is 2.72. The van der Waals surface area contributed by atoms with E-state index in [1.54, 1.807) is 18.2 Å². The Labute approximate surface area is 132 Å². The zero-order valence-electron chi connectivity index (χ0n) is 12.4. The Morgan fingerprint density at radius 1 is 1.33 bits per heavy atom. The van der Waals surface area contributed by atoms with E-state index in [2.05, 4.69) is 40.6 Å². The van der Waals surface area contributed by atoms with E-state index in [4.69, 9.17) is 4.74 Å². The lowest BCUT2D eigenvalue weighted by Crippen LogP contribution is -2.22. The van der Waals surface area contributed by atoms with Crippen LogP contribution in [0, 0.1) is 0 Å². The normalized spacial score (nSPS) is 12.5. The number of hydrogen-bond donors (Lipinski definition) is 0. The molecule has 0 aliphatic heterocycles. The predicted octanol–water partition coefficient (Wildman–Crippen LogP) is 5.05. The van der Waals surface area contributed by atoms with E-state index in [-0.39, 0.29) is 12.6 Å². The second-order valence-corrected chi connectivity index (χ2v) is 12.7. The molecule has 0 bridgehead atoms. The standard InChI is InChI=1S/C14H19BrF2N2OSi/c1-21(2,3)7-6-20-9-19-12-8-10(15)4-5-11(12)18-14(19)13(16)17/h4-5,8,13H,6-7,9H2,1-3H3. The third-order valence-corrected chi connectivity index (χ3v) is 5.35. The Morgan fingerprint density at radius 2 is 2.05 bits per heavy atom. The fourth-order valence-electron chi connectivity index (χ4n) is 1.95. The summed E-state index contributed by atoms with van der Waals surface area (Å²) in [7, 11) is -1.18. The Hall–Kier alpha value is -0.793. The van der Waals surface area contributed by atoms with Gasteiger partial charge in [0.1, 0.15) is 6.73 Å². The van der Waals surface area contributed by atoms with E-state index in [1.165, 1.54) is 4.57 Å². The first-order chi connectivity index (χ1) is 9.78. The van der Waals surface area contributed by atoms with Crippen molar-refractivity contribution in [1.82, 2.24) is 9.55 Å². The van der Waals surface area contributed by atoms with E-state index >= 15 is 0 Å². The van der Waals surface area contributed by atoms with E-state index in [9.17, 15) is 8.78 Å². The Morgan fingerprint density at radius 3 is 2.67 bits per heavy atom. The topological polar surface area (TPSA) is 27.1 Å². The first-order valence-corrected chi connectivity index (χ1v) is 11.3. The summed E-state index contributed by atoms with van der Waals surface area (Å²) in [5.41, 5.74) is 1.22. The number of alkyl halides is 2. The van der Waals surface area contributed by atoms with Gasteiger partial charge in [0.2, 0.25) is 0 Å². The maximum Gasteiger partial charge on any atom is 0.295 e. The average molecular weight is 377 g/mol. The number of hydrogen-bond acceptors (Lipinski definition) is 2. The van der Waals surface area contributed by atoms with Crippen molar-refractivity contribution in [2.45, 2.75) is 38.8 Å². The summed E-state index contributed by atoms with van der Waals surface area (Å²) in [4.78, 5) is 4.00. The highest BCUT2D eigenvalue weighted by Gasteiger charge is 2.19. The van der Waals surface area contributed by atoms with Gasteiger partial charge in [-0.15, -0.1) is 0 Å². The number of ether oxygens (including phenoxy) is 1. The number of nitrogens with zero attached hydrogens (tertiary/aromatic N) is 2. The van der Waals surface area contributed by atoms with Crippen molar-refractivity contribution in [3.05, 3.63) is 28.5 Å². The van der Waals surface area contributed by atoms with Crippen LogP contribution in [0.25, 0.3) is 11.0 Å². The zero-order valence-corrected chi connectivity index (χ0v) is 15.0. The van der Waals surface area contributed by atoms with Crippen molar-refractivity contribution in [1.29, 1.82) is 0 Å². The Bertz CT molecular complexity index is 625. The van der Waals surface area contributed by atoms with Gasteiger partial charge in [0.25, 0.3) is 6.43 Å². The SMILES string of the molecule is C[Si](C)(C)CCOCn1c(C(F)F)nc2ccc(Br)cc21. The fraction of sp³-hybridized carbons (Fsp3) is 0.500. The maximum absolute atomic E-state index is 13.1. The quantitative estimate of drug-likeness (QED) is 0.520. The van der Waals surface area contributed by atoms with Crippen LogP contribution in [0.2, 0.25) is 25.7 Å². The zero-order chi connectivity index (χ0) is 15.6. The van der Waals surface area contributed by atoms with E-state index in [0.29, 0.717) is 17.6 Å². The van der Waals surface area contributed by atoms with E-state index in [0.717, 1.165) is 10.5 Å². The lowest BCUT2D eigenvalue weighted by atomic mass is 10.3. The molecule has 0 aliphatic rings. The van der Waals surface area contributed by atoms with Crippen LogP contribution in [0.1, 0.15) is 12.2 Å². The molecule has 7 heteroatoms. The van der Waals surface area contributed by atoms with Gasteiger partial charge in [0.15, 0.2) is 5.82 Å². The van der Waals surface area contributed by atoms with Gasteiger partial charge in [-0.25, -0.2) is 13.8 Å². The van der Waals surface area contributed by atoms with E-state index in [1.807, 2.05) is 0 Å². The molecular weight excluding hydrogens is 358 g/mol. The van der Waals surface area contributed by atoms with Gasteiger partial charge in [-0.1, -0.05) is 35.6 Å². The molecule has 0 N–H and O–H groups in total. The maximum atomic E-state index is 13.1. The Balaban J connectivity index is 2.20. The summed E-state index contributed by atoms with van der Waals surface area (Å²) in [6.07, 6.45) is -2.61. The van der Waals surface area contributed by atoms with Crippen LogP contribution in [-0.2, 0) is 11.5 Å². The molecule has 2 rings (SSSR count). The van der Waals surface area contributed by atoms with Crippen LogP contribution in [-0.4, -0.2) is 24.2 Å².